The van der Waals surface area contributed by atoms with Gasteiger partial charge in [-0.25, -0.2) is 9.18 Å². The van der Waals surface area contributed by atoms with Crippen molar-refractivity contribution in [2.45, 2.75) is 32.2 Å². The van der Waals surface area contributed by atoms with Crippen LogP contribution in [0.15, 0.2) is 18.2 Å². The molecule has 2 N–H and O–H groups in total. The van der Waals surface area contributed by atoms with Crippen LogP contribution < -0.4 is 5.32 Å². The number of carboxylic acids is 1. The Bertz CT molecular complexity index is 618. The molecule has 7 heteroatoms. The number of hydrogen-bond acceptors (Lipinski definition) is 3. The Morgan fingerprint density at radius 3 is 2.68 bits per heavy atom. The second-order valence-electron chi connectivity index (χ2n) is 5.22. The van der Waals surface area contributed by atoms with E-state index >= 15 is 0 Å². The number of aliphatic carboxylic acids is 1. The van der Waals surface area contributed by atoms with Crippen molar-refractivity contribution in [2.75, 3.05) is 11.9 Å². The molecule has 1 heterocycles. The largest absolute Gasteiger partial charge is 0.480 e. The average Bonchev–Trinajstić information content (AvgIpc) is 2.48. The number of piperidine rings is 1. The average molecular weight is 308 g/mol. The number of anilines is 1. The molecule has 1 unspecified atom stereocenters. The molecule has 1 fully saturated rings. The summed E-state index contributed by atoms with van der Waals surface area (Å²) in [5.74, 6) is -2.62. The molecule has 0 spiro atoms. The number of likely N-dealkylation sites (tertiary alicyclic amines) is 1. The first-order valence-electron chi connectivity index (χ1n) is 7.01. The molecule has 118 valence electrons. The zero-order valence-electron chi connectivity index (χ0n) is 12.1. The maximum Gasteiger partial charge on any atom is 0.326 e. The fourth-order valence-corrected chi connectivity index (χ4v) is 2.54. The highest BCUT2D eigenvalue weighted by Gasteiger charge is 2.32. The van der Waals surface area contributed by atoms with Crippen molar-refractivity contribution in [3.63, 3.8) is 0 Å². The number of rotatable bonds is 3. The van der Waals surface area contributed by atoms with Crippen LogP contribution in [0.25, 0.3) is 0 Å². The number of benzene rings is 1. The van der Waals surface area contributed by atoms with Crippen LogP contribution in [0.4, 0.5) is 10.1 Å². The molecule has 2 amide bonds. The third-order valence-electron chi connectivity index (χ3n) is 3.57. The van der Waals surface area contributed by atoms with Crippen LogP contribution in [0.1, 0.15) is 36.5 Å². The van der Waals surface area contributed by atoms with Gasteiger partial charge in [0.1, 0.15) is 11.9 Å². The Morgan fingerprint density at radius 2 is 2.05 bits per heavy atom. The van der Waals surface area contributed by atoms with Crippen molar-refractivity contribution in [3.05, 3.63) is 29.6 Å². The second kappa shape index (κ2) is 6.55. The lowest BCUT2D eigenvalue weighted by molar-refractivity contribution is -0.143. The van der Waals surface area contributed by atoms with Crippen molar-refractivity contribution < 1.29 is 23.9 Å². The topological polar surface area (TPSA) is 86.7 Å². The Kier molecular flexibility index (Phi) is 4.75. The third kappa shape index (κ3) is 3.41. The van der Waals surface area contributed by atoms with Crippen molar-refractivity contribution >= 4 is 23.5 Å². The summed E-state index contributed by atoms with van der Waals surface area (Å²) in [6, 6.07) is 2.73. The molecule has 1 saturated heterocycles. The highest BCUT2D eigenvalue weighted by molar-refractivity contribution is 5.98. The Labute approximate surface area is 126 Å². The smallest absolute Gasteiger partial charge is 0.326 e. The molecule has 1 aliphatic rings. The van der Waals surface area contributed by atoms with E-state index < -0.39 is 29.6 Å². The van der Waals surface area contributed by atoms with Crippen molar-refractivity contribution in [1.82, 2.24) is 4.90 Å². The van der Waals surface area contributed by atoms with E-state index in [1.54, 1.807) is 0 Å². The van der Waals surface area contributed by atoms with Gasteiger partial charge in [0.25, 0.3) is 5.91 Å². The standard InChI is InChI=1S/C15H17FN2O4/c1-9(19)17-12-8-10(5-6-11(12)16)14(20)18-7-3-2-4-13(18)15(21)22/h5-6,8,13H,2-4,7H2,1H3,(H,17,19)(H,21,22). The van der Waals surface area contributed by atoms with Crippen LogP contribution in [0, 0.1) is 5.82 Å². The minimum absolute atomic E-state index is 0.0952. The Balaban J connectivity index is 2.28. The molecule has 1 atom stereocenters. The molecule has 1 aromatic carbocycles. The van der Waals surface area contributed by atoms with E-state index in [9.17, 15) is 23.9 Å². The predicted octanol–water partition coefficient (Wildman–Crippen LogP) is 1.86. The number of carboxylic acid groups (broad SMARTS) is 1. The van der Waals surface area contributed by atoms with E-state index in [4.69, 9.17) is 0 Å². The highest BCUT2D eigenvalue weighted by Crippen LogP contribution is 2.22. The SMILES string of the molecule is CC(=O)Nc1cc(C(=O)N2CCCCC2C(=O)O)ccc1F. The maximum absolute atomic E-state index is 13.6. The summed E-state index contributed by atoms with van der Waals surface area (Å²) in [6.07, 6.45) is 1.89. The van der Waals surface area contributed by atoms with Gasteiger partial charge in [0.2, 0.25) is 5.91 Å². The lowest BCUT2D eigenvalue weighted by Gasteiger charge is -2.33. The number of nitrogens with zero attached hydrogens (tertiary/aromatic N) is 1. The fourth-order valence-electron chi connectivity index (χ4n) is 2.54. The van der Waals surface area contributed by atoms with Crippen molar-refractivity contribution in [3.8, 4) is 0 Å². The summed E-state index contributed by atoms with van der Waals surface area (Å²) < 4.78 is 13.6. The lowest BCUT2D eigenvalue weighted by Crippen LogP contribution is -2.48. The van der Waals surface area contributed by atoms with Gasteiger partial charge in [0.15, 0.2) is 0 Å². The number of amides is 2. The minimum Gasteiger partial charge on any atom is -0.480 e. The molecule has 0 bridgehead atoms. The van der Waals surface area contributed by atoms with Crippen LogP contribution >= 0.6 is 0 Å². The van der Waals surface area contributed by atoms with Gasteiger partial charge in [-0.2, -0.15) is 0 Å². The van der Waals surface area contributed by atoms with Gasteiger partial charge in [-0.1, -0.05) is 0 Å². The maximum atomic E-state index is 13.6. The Morgan fingerprint density at radius 1 is 1.32 bits per heavy atom. The molecule has 1 aliphatic heterocycles. The predicted molar refractivity (Wildman–Crippen MR) is 77.0 cm³/mol. The highest BCUT2D eigenvalue weighted by atomic mass is 19.1. The molecule has 2 rings (SSSR count). The summed E-state index contributed by atoms with van der Waals surface area (Å²) in [5, 5.41) is 11.5. The van der Waals surface area contributed by atoms with Crippen LogP contribution in [0.3, 0.4) is 0 Å². The Hall–Kier alpha value is -2.44. The number of hydrogen-bond donors (Lipinski definition) is 2. The summed E-state index contributed by atoms with van der Waals surface area (Å²) >= 11 is 0. The molecular weight excluding hydrogens is 291 g/mol. The fraction of sp³-hybridized carbons (Fsp3) is 0.400. The van der Waals surface area contributed by atoms with Crippen LogP contribution in [0.5, 0.6) is 0 Å². The van der Waals surface area contributed by atoms with Crippen molar-refractivity contribution in [2.24, 2.45) is 0 Å². The van der Waals surface area contributed by atoms with Crippen LogP contribution in [-0.2, 0) is 9.59 Å². The van der Waals surface area contributed by atoms with E-state index in [0.717, 1.165) is 18.9 Å². The first-order valence-corrected chi connectivity index (χ1v) is 7.01. The van der Waals surface area contributed by atoms with Crippen LogP contribution in [0.2, 0.25) is 0 Å². The second-order valence-corrected chi connectivity index (χ2v) is 5.22. The summed E-state index contributed by atoms with van der Waals surface area (Å²) in [4.78, 5) is 36.1. The normalized spacial score (nSPS) is 17.9. The van der Waals surface area contributed by atoms with E-state index in [0.29, 0.717) is 13.0 Å². The molecule has 1 aromatic rings. The van der Waals surface area contributed by atoms with Gasteiger partial charge in [-0.3, -0.25) is 9.59 Å². The lowest BCUT2D eigenvalue weighted by atomic mass is 10.0. The molecule has 0 aromatic heterocycles. The molecule has 6 nitrogen and oxygen atoms in total. The van der Waals surface area contributed by atoms with Crippen molar-refractivity contribution in [1.29, 1.82) is 0 Å². The molecule has 0 aliphatic carbocycles. The number of halogens is 1. The minimum atomic E-state index is -1.04. The molecular formula is C15H17FN2O4. The van der Waals surface area contributed by atoms with Gasteiger partial charge in [0, 0.05) is 19.0 Å². The monoisotopic (exact) mass is 308 g/mol. The number of nitrogens with one attached hydrogen (secondary N) is 1. The first-order chi connectivity index (χ1) is 10.4. The summed E-state index contributed by atoms with van der Waals surface area (Å²) in [5.41, 5.74) is 0.0561. The summed E-state index contributed by atoms with van der Waals surface area (Å²) in [6.45, 7) is 1.58. The van der Waals surface area contributed by atoms with E-state index in [1.165, 1.54) is 24.0 Å². The van der Waals surface area contributed by atoms with Gasteiger partial charge in [0.05, 0.1) is 5.69 Å². The van der Waals surface area contributed by atoms with Gasteiger partial charge in [-0.05, 0) is 37.5 Å². The van der Waals surface area contributed by atoms with Crippen LogP contribution in [-0.4, -0.2) is 40.4 Å². The zero-order chi connectivity index (χ0) is 16.3. The zero-order valence-corrected chi connectivity index (χ0v) is 12.1. The third-order valence-corrected chi connectivity index (χ3v) is 3.57. The quantitative estimate of drug-likeness (QED) is 0.892. The van der Waals surface area contributed by atoms with Gasteiger partial charge >= 0.3 is 5.97 Å². The molecule has 22 heavy (non-hydrogen) atoms. The number of carbonyl (C=O) groups excluding carboxylic acids is 2. The summed E-state index contributed by atoms with van der Waals surface area (Å²) in [7, 11) is 0. The number of carbonyl (C=O) groups is 3. The molecule has 0 radical (unpaired) electrons. The van der Waals surface area contributed by atoms with E-state index in [1.807, 2.05) is 0 Å². The van der Waals surface area contributed by atoms with E-state index in [2.05, 4.69) is 5.32 Å². The van der Waals surface area contributed by atoms with E-state index in [-0.39, 0.29) is 11.3 Å². The van der Waals surface area contributed by atoms with Gasteiger partial charge in [-0.15, -0.1) is 0 Å². The van der Waals surface area contributed by atoms with Gasteiger partial charge < -0.3 is 15.3 Å². The molecule has 0 saturated carbocycles. The first kappa shape index (κ1) is 15.9.